The predicted octanol–water partition coefficient (Wildman–Crippen LogP) is 12.8. The van der Waals surface area contributed by atoms with Crippen LogP contribution in [0.3, 0.4) is 0 Å². The van der Waals surface area contributed by atoms with E-state index in [0.29, 0.717) is 122 Å². The van der Waals surface area contributed by atoms with Gasteiger partial charge in [-0.3, -0.25) is 4.98 Å². The second kappa shape index (κ2) is 30.9. The van der Waals surface area contributed by atoms with E-state index in [1.54, 1.807) is 6.20 Å². The molecule has 0 saturated carbocycles. The predicted molar refractivity (Wildman–Crippen MR) is 348 cm³/mol. The Hall–Kier alpha value is -8.73. The quantitative estimate of drug-likeness (QED) is 0.0393. The SMILES string of the molecule is CCOc1ccc(-c2nc(-c3cccc4c3CCC4N(C)C)no2)cc1OCC.CCOc1ccc(-c2nc(-c3cccc4c3CCC4NC(C)(C)CO)no2)cc1OCC.CCOc1ccc(-c2nc(-c3ccnc(CNC(C)(C)CO)c3)no2)cc1OCC. The summed E-state index contributed by atoms with van der Waals surface area (Å²) in [5.74, 6) is 7.06. The molecule has 2 unspecified atom stereocenters. The molecule has 4 N–H and O–H groups in total. The van der Waals surface area contributed by atoms with Crippen molar-refractivity contribution in [1.29, 1.82) is 0 Å². The van der Waals surface area contributed by atoms with Gasteiger partial charge in [0.1, 0.15) is 0 Å². The number of nitrogens with zero attached hydrogens (tertiary/aromatic N) is 8. The number of nitrogens with one attached hydrogen (secondary N) is 2. The number of ether oxygens (including phenoxy) is 6. The van der Waals surface area contributed by atoms with Crippen molar-refractivity contribution >= 4 is 0 Å². The number of pyridine rings is 1. The Morgan fingerprint density at radius 3 is 1.38 bits per heavy atom. The third-order valence-corrected chi connectivity index (χ3v) is 15.4. The summed E-state index contributed by atoms with van der Waals surface area (Å²) in [6.45, 7) is 23.5. The molecule has 5 aromatic carbocycles. The molecule has 0 spiro atoms. The number of hydrogen-bond acceptors (Lipinski definition) is 21. The van der Waals surface area contributed by atoms with Crippen molar-refractivity contribution in [2.45, 2.75) is 125 Å². The summed E-state index contributed by atoms with van der Waals surface area (Å²) in [6.07, 6.45) is 5.73. The van der Waals surface area contributed by atoms with E-state index in [-0.39, 0.29) is 30.3 Å². The zero-order chi connectivity index (χ0) is 64.7. The standard InChI is InChI=1S/C25H31N3O4.C23H27N3O3.C22H28N4O4/c1-5-30-21-13-10-16(14-22(21)31-6-2)24-26-23(28-32-24)19-9-7-8-18-17(19)11-12-20(18)27-25(3,4)15-29;1-5-27-20-13-10-15(14-21(20)28-6-2)23-24-22(25-29-23)18-9-7-8-17-16(18)11-12-19(17)26(3)4;1-5-28-18-8-7-16(12-19(18)29-6-2)21-25-20(26-30-21)15-9-10-23-17(11-15)13-24-22(3,4)14-27/h7-10,13-14,20,27,29H,5-6,11-12,15H2,1-4H3;7-10,13-14,19H,5-6,11-12H2,1-4H3;7-12,24,27H,5-6,13-14H2,1-4H3. The van der Waals surface area contributed by atoms with Gasteiger partial charge in [-0.15, -0.1) is 0 Å². The number of aliphatic hydroxyl groups excluding tert-OH is 2. The fraction of sp³-hybridized carbons (Fsp3) is 0.414. The molecule has 0 saturated heterocycles. The molecule has 0 fully saturated rings. The highest BCUT2D eigenvalue weighted by Gasteiger charge is 2.32. The molecule has 0 aliphatic heterocycles. The number of aliphatic hydroxyl groups is 2. The normalized spacial score (nSPS) is 14.2. The lowest BCUT2D eigenvalue weighted by atomic mass is 9.99. The van der Waals surface area contributed by atoms with Crippen molar-refractivity contribution < 1.29 is 52.2 Å². The lowest BCUT2D eigenvalue weighted by Gasteiger charge is -2.28. The van der Waals surface area contributed by atoms with Gasteiger partial charge in [0, 0.05) is 69.3 Å². The molecule has 4 heterocycles. The van der Waals surface area contributed by atoms with Gasteiger partial charge in [-0.2, -0.15) is 15.0 Å². The van der Waals surface area contributed by atoms with E-state index in [1.165, 1.54) is 22.3 Å². The highest BCUT2D eigenvalue weighted by Crippen LogP contribution is 2.42. The van der Waals surface area contributed by atoms with Gasteiger partial charge < -0.3 is 67.7 Å². The maximum absolute atomic E-state index is 9.63. The summed E-state index contributed by atoms with van der Waals surface area (Å²) in [5.41, 5.74) is 10.4. The van der Waals surface area contributed by atoms with Crippen LogP contribution in [0.4, 0.5) is 0 Å². The Morgan fingerprint density at radius 1 is 0.495 bits per heavy atom. The van der Waals surface area contributed by atoms with E-state index in [9.17, 15) is 10.2 Å². The number of fused-ring (bicyclic) bond motifs is 2. The first-order valence-corrected chi connectivity index (χ1v) is 31.3. The summed E-state index contributed by atoms with van der Waals surface area (Å²) in [4.78, 5) is 20.5. The second-order valence-corrected chi connectivity index (χ2v) is 23.3. The molecule has 2 atom stereocenters. The Bertz CT molecular complexity index is 3820. The zero-order valence-electron chi connectivity index (χ0n) is 54.4. The van der Waals surface area contributed by atoms with Gasteiger partial charge in [-0.05, 0) is 198 Å². The van der Waals surface area contributed by atoms with Crippen molar-refractivity contribution in [1.82, 2.24) is 50.9 Å². The van der Waals surface area contributed by atoms with Gasteiger partial charge in [-0.25, -0.2) is 0 Å². The molecule has 9 aromatic rings. The van der Waals surface area contributed by atoms with Crippen molar-refractivity contribution in [2.24, 2.45) is 0 Å². The fourth-order valence-electron chi connectivity index (χ4n) is 10.9. The Kier molecular flexibility index (Phi) is 22.6. The summed E-state index contributed by atoms with van der Waals surface area (Å²) in [6, 6.07) is 33.8. The van der Waals surface area contributed by atoms with Gasteiger partial charge >= 0.3 is 0 Å². The van der Waals surface area contributed by atoms with Gasteiger partial charge in [0.05, 0.1) is 58.5 Å². The minimum absolute atomic E-state index is 0.0344. The lowest BCUT2D eigenvalue weighted by Crippen LogP contribution is -2.44. The van der Waals surface area contributed by atoms with Gasteiger partial charge in [0.25, 0.3) is 17.7 Å². The van der Waals surface area contributed by atoms with Crippen LogP contribution >= 0.6 is 0 Å². The van der Waals surface area contributed by atoms with E-state index in [2.05, 4.69) is 89.3 Å². The molecule has 2 aliphatic rings. The molecule has 4 aromatic heterocycles. The maximum Gasteiger partial charge on any atom is 0.258 e. The van der Waals surface area contributed by atoms with Crippen LogP contribution in [0.25, 0.3) is 68.5 Å². The molecule has 11 rings (SSSR count). The van der Waals surface area contributed by atoms with Crippen LogP contribution in [0.1, 0.15) is 122 Å². The van der Waals surface area contributed by atoms with Crippen LogP contribution in [0.5, 0.6) is 34.5 Å². The Morgan fingerprint density at radius 2 is 0.923 bits per heavy atom. The molecule has 482 valence electrons. The summed E-state index contributed by atoms with van der Waals surface area (Å²) < 4.78 is 50.7. The first-order chi connectivity index (χ1) is 44.0. The third kappa shape index (κ3) is 16.4. The fourth-order valence-corrected chi connectivity index (χ4v) is 10.9. The van der Waals surface area contributed by atoms with Gasteiger partial charge in [0.15, 0.2) is 34.5 Å². The molecule has 21 nitrogen and oxygen atoms in total. The second-order valence-electron chi connectivity index (χ2n) is 23.3. The Balaban J connectivity index is 0.000000162. The minimum Gasteiger partial charge on any atom is -0.490 e. The smallest absolute Gasteiger partial charge is 0.258 e. The average Bonchev–Trinajstić information content (AvgIpc) is 1.75. The molecule has 91 heavy (non-hydrogen) atoms. The first kappa shape index (κ1) is 66.7. The van der Waals surface area contributed by atoms with Crippen LogP contribution in [0.15, 0.2) is 123 Å². The van der Waals surface area contributed by atoms with Crippen molar-refractivity contribution in [3.8, 4) is 103 Å². The summed E-state index contributed by atoms with van der Waals surface area (Å²) >= 11 is 0. The number of benzene rings is 5. The van der Waals surface area contributed by atoms with Crippen LogP contribution < -0.4 is 39.1 Å². The monoisotopic (exact) mass is 1240 g/mol. The van der Waals surface area contributed by atoms with Crippen LogP contribution in [0.2, 0.25) is 0 Å². The van der Waals surface area contributed by atoms with E-state index in [4.69, 9.17) is 42.0 Å². The van der Waals surface area contributed by atoms with E-state index < -0.39 is 0 Å². The summed E-state index contributed by atoms with van der Waals surface area (Å²) in [7, 11) is 4.25. The molecular weight excluding hydrogens is 1160 g/mol. The molecular formula is C70H86N10O11. The van der Waals surface area contributed by atoms with Gasteiger partial charge in [0.2, 0.25) is 17.5 Å². The molecule has 0 bridgehead atoms. The van der Waals surface area contributed by atoms with Crippen LogP contribution in [0, 0.1) is 0 Å². The highest BCUT2D eigenvalue weighted by atomic mass is 16.5. The largest absolute Gasteiger partial charge is 0.490 e. The van der Waals surface area contributed by atoms with E-state index in [1.807, 2.05) is 148 Å². The lowest BCUT2D eigenvalue weighted by molar-refractivity contribution is 0.175. The number of hydrogen-bond donors (Lipinski definition) is 4. The van der Waals surface area contributed by atoms with E-state index in [0.717, 1.165) is 64.8 Å². The zero-order valence-corrected chi connectivity index (χ0v) is 54.4. The van der Waals surface area contributed by atoms with Crippen molar-refractivity contribution in [2.75, 3.05) is 67.0 Å². The first-order valence-electron chi connectivity index (χ1n) is 31.3. The number of rotatable bonds is 26. The molecule has 0 radical (unpaired) electrons. The van der Waals surface area contributed by atoms with Crippen LogP contribution in [-0.4, -0.2) is 129 Å². The Labute approximate surface area is 532 Å². The maximum atomic E-state index is 9.63. The highest BCUT2D eigenvalue weighted by molar-refractivity contribution is 5.69. The third-order valence-electron chi connectivity index (χ3n) is 15.4. The van der Waals surface area contributed by atoms with Crippen molar-refractivity contribution in [3.05, 3.63) is 137 Å². The number of aromatic nitrogens is 7. The topological polar surface area (TPSA) is 253 Å². The van der Waals surface area contributed by atoms with E-state index >= 15 is 0 Å². The molecule has 0 amide bonds. The average molecular weight is 1240 g/mol. The van der Waals surface area contributed by atoms with Crippen molar-refractivity contribution in [3.63, 3.8) is 0 Å². The minimum atomic E-state index is -0.386. The van der Waals surface area contributed by atoms with Crippen LogP contribution in [-0.2, 0) is 19.4 Å². The summed E-state index contributed by atoms with van der Waals surface area (Å²) in [5, 5.41) is 38.5. The van der Waals surface area contributed by atoms with Gasteiger partial charge in [-0.1, -0.05) is 51.9 Å². The molecule has 2 aliphatic carbocycles. The molecule has 21 heteroatoms.